The fourth-order valence-electron chi connectivity index (χ4n) is 2.57. The van der Waals surface area contributed by atoms with Gasteiger partial charge in [0.15, 0.2) is 0 Å². The van der Waals surface area contributed by atoms with Crippen LogP contribution in [0.25, 0.3) is 21.3 Å². The Hall–Kier alpha value is -2.99. The Morgan fingerprint density at radius 3 is 3.08 bits per heavy atom. The lowest BCUT2D eigenvalue weighted by Gasteiger charge is -1.99. The number of anilines is 1. The number of aromatic nitrogens is 3. The van der Waals surface area contributed by atoms with E-state index in [1.807, 2.05) is 24.4 Å². The maximum Gasteiger partial charge on any atom is 0.263 e. The molecule has 24 heavy (non-hydrogen) atoms. The van der Waals surface area contributed by atoms with E-state index in [2.05, 4.69) is 36.5 Å². The van der Waals surface area contributed by atoms with Gasteiger partial charge in [0.1, 0.15) is 0 Å². The van der Waals surface area contributed by atoms with Gasteiger partial charge >= 0.3 is 0 Å². The van der Waals surface area contributed by atoms with Gasteiger partial charge in [-0.3, -0.25) is 0 Å². The van der Waals surface area contributed by atoms with Gasteiger partial charge in [-0.05, 0) is 35.2 Å². The molecule has 1 aromatic carbocycles. The second kappa shape index (κ2) is 8.03. The smallest absolute Gasteiger partial charge is 0.263 e. The van der Waals surface area contributed by atoms with Gasteiger partial charge in [0.05, 0.1) is 6.42 Å². The van der Waals surface area contributed by atoms with Gasteiger partial charge in [-0.2, -0.15) is 4.98 Å². The normalized spacial score (nSPS) is 10.7. The fourth-order valence-corrected chi connectivity index (χ4v) is 2.57. The third-order valence-electron chi connectivity index (χ3n) is 3.77. The molecule has 0 bridgehead atoms. The van der Waals surface area contributed by atoms with E-state index < -0.39 is 0 Å². The van der Waals surface area contributed by atoms with Crippen LogP contribution in [0.4, 0.5) is 5.95 Å². The summed E-state index contributed by atoms with van der Waals surface area (Å²) in [5, 5.41) is 11.8. The molecule has 124 valence electrons. The molecule has 0 atom stereocenters. The van der Waals surface area contributed by atoms with Crippen LogP contribution in [-0.4, -0.2) is 28.2 Å². The third-order valence-corrected chi connectivity index (χ3v) is 3.77. The number of fused-ring (bicyclic) bond motifs is 1. The van der Waals surface area contributed by atoms with Gasteiger partial charge in [-0.1, -0.05) is 29.7 Å². The maximum atomic E-state index is 8.19. The highest BCUT2D eigenvalue weighted by molar-refractivity contribution is 5.83. The Balaban J connectivity index is 1.48. The van der Waals surface area contributed by atoms with Gasteiger partial charge in [-0.15, -0.1) is 0 Å². The van der Waals surface area contributed by atoms with E-state index in [0.29, 0.717) is 24.8 Å². The second-order valence-electron chi connectivity index (χ2n) is 5.49. The summed E-state index contributed by atoms with van der Waals surface area (Å²) in [6.45, 7) is 1.32. The van der Waals surface area contributed by atoms with E-state index in [1.165, 1.54) is 5.39 Å². The molecule has 0 saturated heterocycles. The Kier molecular flexibility index (Phi) is 5.32. The Labute approximate surface area is 138 Å². The van der Waals surface area contributed by atoms with Crippen LogP contribution in [0.3, 0.4) is 0 Å². The monoisotopic (exact) mass is 325 g/mol. The summed E-state index contributed by atoms with van der Waals surface area (Å²) in [4.78, 5) is 10.3. The topological polar surface area (TPSA) is 116 Å². The van der Waals surface area contributed by atoms with E-state index in [9.17, 15) is 0 Å². The van der Waals surface area contributed by atoms with E-state index in [0.717, 1.165) is 36.9 Å². The minimum absolute atomic E-state index is 0.514. The number of nitrogens with zero attached hydrogens (tertiary/aromatic N) is 5. The number of hydrogen-bond acceptors (Lipinski definition) is 5. The zero-order valence-corrected chi connectivity index (χ0v) is 13.3. The summed E-state index contributed by atoms with van der Waals surface area (Å²) in [5.41, 5.74) is 10.4. The van der Waals surface area contributed by atoms with Crippen molar-refractivity contribution in [3.63, 3.8) is 0 Å². The molecule has 0 spiro atoms. The first-order chi connectivity index (χ1) is 11.9. The number of aromatic amines is 1. The second-order valence-corrected chi connectivity index (χ2v) is 5.49. The molecule has 8 nitrogen and oxygen atoms in total. The van der Waals surface area contributed by atoms with Crippen LogP contribution < -0.4 is 5.32 Å². The lowest BCUT2D eigenvalue weighted by Crippen LogP contribution is -2.03. The van der Waals surface area contributed by atoms with Gasteiger partial charge in [-0.25, -0.2) is 0 Å². The molecule has 0 aliphatic carbocycles. The van der Waals surface area contributed by atoms with Gasteiger partial charge in [0, 0.05) is 35.1 Å². The number of azide groups is 1. The first kappa shape index (κ1) is 15.9. The highest BCUT2D eigenvalue weighted by Crippen LogP contribution is 2.20. The minimum atomic E-state index is 0.514. The molecule has 8 heteroatoms. The molecule has 0 saturated carbocycles. The quantitative estimate of drug-likeness (QED) is 0.267. The third kappa shape index (κ3) is 4.05. The number of hydrogen-bond donors (Lipinski definition) is 2. The van der Waals surface area contributed by atoms with Crippen molar-refractivity contribution in [3.05, 3.63) is 52.4 Å². The van der Waals surface area contributed by atoms with Gasteiger partial charge in [0.25, 0.3) is 5.95 Å². The molecule has 3 rings (SSSR count). The number of unbranched alkanes of at least 4 members (excludes halogenated alkanes) is 2. The number of para-hydroxylation sites is 1. The molecule has 0 radical (unpaired) electrons. The highest BCUT2D eigenvalue weighted by Gasteiger charge is 2.10. The van der Waals surface area contributed by atoms with Crippen molar-refractivity contribution < 1.29 is 4.52 Å². The zero-order valence-electron chi connectivity index (χ0n) is 13.3. The predicted octanol–water partition coefficient (Wildman–Crippen LogP) is 4.03. The fraction of sp³-hybridized carbons (Fsp3) is 0.375. The number of benzene rings is 1. The van der Waals surface area contributed by atoms with Crippen LogP contribution in [0.15, 0.2) is 40.1 Å². The van der Waals surface area contributed by atoms with Crippen molar-refractivity contribution in [2.45, 2.75) is 25.7 Å². The van der Waals surface area contributed by atoms with Crippen LogP contribution in [0.1, 0.15) is 30.7 Å². The average Bonchev–Trinajstić information content (AvgIpc) is 3.22. The Morgan fingerprint density at radius 1 is 1.25 bits per heavy atom. The van der Waals surface area contributed by atoms with Crippen molar-refractivity contribution in [3.8, 4) is 0 Å². The van der Waals surface area contributed by atoms with Crippen LogP contribution in [-0.2, 0) is 6.42 Å². The molecular formula is C16H19N7O. The largest absolute Gasteiger partial charge is 0.361 e. The molecule has 0 aliphatic rings. The van der Waals surface area contributed by atoms with Crippen LogP contribution in [0.5, 0.6) is 0 Å². The van der Waals surface area contributed by atoms with Crippen molar-refractivity contribution in [2.24, 2.45) is 5.11 Å². The zero-order chi connectivity index (χ0) is 16.6. The number of H-pyrrole nitrogens is 1. The first-order valence-corrected chi connectivity index (χ1v) is 7.99. The van der Waals surface area contributed by atoms with E-state index in [1.54, 1.807) is 0 Å². The van der Waals surface area contributed by atoms with Crippen molar-refractivity contribution in [2.75, 3.05) is 18.4 Å². The molecular weight excluding hydrogens is 306 g/mol. The van der Waals surface area contributed by atoms with E-state index >= 15 is 0 Å². The molecule has 2 heterocycles. The SMILES string of the molecule is [N-]=[N+]=NCCCCCNc1noc(Cc2c[nH]c3ccccc23)n1. The number of nitrogens with one attached hydrogen (secondary N) is 2. The van der Waals surface area contributed by atoms with E-state index in [-0.39, 0.29) is 0 Å². The minimum Gasteiger partial charge on any atom is -0.361 e. The van der Waals surface area contributed by atoms with E-state index in [4.69, 9.17) is 10.1 Å². The summed E-state index contributed by atoms with van der Waals surface area (Å²) in [5.74, 6) is 1.10. The Morgan fingerprint density at radius 2 is 2.17 bits per heavy atom. The van der Waals surface area contributed by atoms with Crippen LogP contribution in [0.2, 0.25) is 0 Å². The summed E-state index contributed by atoms with van der Waals surface area (Å²) in [7, 11) is 0. The summed E-state index contributed by atoms with van der Waals surface area (Å²) < 4.78 is 5.30. The average molecular weight is 325 g/mol. The first-order valence-electron chi connectivity index (χ1n) is 7.99. The van der Waals surface area contributed by atoms with Crippen molar-refractivity contribution >= 4 is 16.9 Å². The van der Waals surface area contributed by atoms with Gasteiger partial charge in [0.2, 0.25) is 5.89 Å². The summed E-state index contributed by atoms with van der Waals surface area (Å²) in [6.07, 6.45) is 5.43. The van der Waals surface area contributed by atoms with Crippen molar-refractivity contribution in [1.29, 1.82) is 0 Å². The lowest BCUT2D eigenvalue weighted by atomic mass is 10.1. The van der Waals surface area contributed by atoms with Crippen molar-refractivity contribution in [1.82, 2.24) is 15.1 Å². The van der Waals surface area contributed by atoms with Crippen LogP contribution >= 0.6 is 0 Å². The number of rotatable bonds is 9. The molecule has 0 fully saturated rings. The molecule has 0 amide bonds. The molecule has 3 aromatic rings. The summed E-state index contributed by atoms with van der Waals surface area (Å²) >= 11 is 0. The van der Waals surface area contributed by atoms with Crippen LogP contribution in [0, 0.1) is 0 Å². The molecule has 0 aliphatic heterocycles. The Bertz CT molecular complexity index is 832. The molecule has 2 aromatic heterocycles. The summed E-state index contributed by atoms with van der Waals surface area (Å²) in [6, 6.07) is 8.14. The highest BCUT2D eigenvalue weighted by atomic mass is 16.5. The molecule has 2 N–H and O–H groups in total. The predicted molar refractivity (Wildman–Crippen MR) is 91.8 cm³/mol. The standard InChI is InChI=1S/C16H19N7O/c17-23-20-9-5-1-4-8-18-16-21-15(24-22-16)10-12-11-19-14-7-3-2-6-13(12)14/h2-3,6-7,11,19H,1,4-5,8-10H2,(H,18,22). The van der Waals surface area contributed by atoms with Gasteiger partial charge < -0.3 is 14.8 Å². The lowest BCUT2D eigenvalue weighted by molar-refractivity contribution is 0.386. The molecule has 0 unspecified atom stereocenters. The maximum absolute atomic E-state index is 8.19.